The summed E-state index contributed by atoms with van der Waals surface area (Å²) in [5.41, 5.74) is -2.47. The Bertz CT molecular complexity index is 3680. The second-order valence-electron chi connectivity index (χ2n) is 38.3. The molecule has 0 aromatic heterocycles. The maximum absolute atomic E-state index is 12.4. The first-order chi connectivity index (χ1) is 56.4. The second-order valence-corrected chi connectivity index (χ2v) is 41.9. The molecule has 3 aromatic carbocycles. The van der Waals surface area contributed by atoms with Crippen molar-refractivity contribution in [1.82, 2.24) is 0 Å². The molecule has 11 rings (SSSR count). The molecule has 8 fully saturated rings. The predicted molar refractivity (Wildman–Crippen MR) is 476 cm³/mol. The lowest BCUT2D eigenvalue weighted by molar-refractivity contribution is -0.225. The Morgan fingerprint density at radius 2 is 0.950 bits per heavy atom. The molecular weight excluding hydrogens is 1580 g/mol. The highest BCUT2D eigenvalue weighted by atomic mass is 32.2. The van der Waals surface area contributed by atoms with Gasteiger partial charge < -0.3 is 52.3 Å². The van der Waals surface area contributed by atoms with E-state index >= 15 is 0 Å². The Kier molecular flexibility index (Phi) is 45.0. The average Bonchev–Trinajstić information content (AvgIpc) is 1.54. The van der Waals surface area contributed by atoms with Gasteiger partial charge in [0.2, 0.25) is 6.10 Å². The fourth-order valence-electron chi connectivity index (χ4n) is 14.4. The first-order valence-electron chi connectivity index (χ1n) is 45.2. The summed E-state index contributed by atoms with van der Waals surface area (Å²) in [7, 11) is -3.96. The van der Waals surface area contributed by atoms with Gasteiger partial charge in [0, 0.05) is 18.6 Å². The van der Waals surface area contributed by atoms with Gasteiger partial charge in [-0.25, -0.2) is 18.0 Å². The van der Waals surface area contributed by atoms with Crippen molar-refractivity contribution in [2.24, 2.45) is 50.2 Å². The van der Waals surface area contributed by atoms with Crippen LogP contribution in [-0.2, 0) is 102 Å². The summed E-state index contributed by atoms with van der Waals surface area (Å²) >= 11 is 0. The van der Waals surface area contributed by atoms with Crippen molar-refractivity contribution in [3.8, 4) is 0 Å². The quantitative estimate of drug-likeness (QED) is 0.0222. The standard InChI is InChI=1S/C19H17S.C16H26O3.C16H30O2.C14H26O2.C10H16O4.C10H18O4.C9H16O3.C4H10O3S/c1-16-12-14-19(15-13-16)20(17-8-4-2-5-9-17)18-10-6-3-7-11-18;1-4-14(2,3)13(17)19-16-8-11-5-12(9-16)7-15(18,6-11)10-16;1-5-15(3,4)14(17)18-16(6-2)12-10-8-7-9-11-13-16;1-6-13(4,5)12(15)16-14(11(2)3)9-7-8-10-14;1-4-10(2,3)9(12)14-7-5-6-13-8(7)11;1-5-10(3,4)9(12)14-7-8(11)13-6-2;1-4-9(2,3)8(10)12-6-7-5-11-7;1-2-3-4-8(5,6)7/h2-15H,1H3;11-12,18H,4-10H2,1-3H3;5-13H2,1-4H3;11H,6-10H2,1-5H3;7H,4-6H2,1-3H3;5-7H2,1-4H3;7H,4-6H2,1-3H3;2-4H2,1H3,(H,5,6,7)/q+1;;;;;;;/p-1. The topological polar surface area (TPSA) is 300 Å². The summed E-state index contributed by atoms with van der Waals surface area (Å²) in [6.45, 7) is 48.3. The average molecular weight is 1740 g/mol. The third kappa shape index (κ3) is 37.0. The van der Waals surface area contributed by atoms with Gasteiger partial charge in [0.25, 0.3) is 0 Å². The largest absolute Gasteiger partial charge is 0.748 e. The molecule has 8 aliphatic rings. The van der Waals surface area contributed by atoms with E-state index in [0.717, 1.165) is 96.5 Å². The van der Waals surface area contributed by atoms with Gasteiger partial charge in [-0.05, 0) is 286 Å². The number of benzene rings is 3. The molecule has 6 saturated carbocycles. The van der Waals surface area contributed by atoms with Gasteiger partial charge in [-0.15, -0.1) is 0 Å². The van der Waals surface area contributed by atoms with E-state index in [1.165, 1.54) is 71.6 Å². The third-order valence-corrected chi connectivity index (χ3v) is 28.5. The maximum Gasteiger partial charge on any atom is 0.347 e. The van der Waals surface area contributed by atoms with E-state index in [1.54, 1.807) is 34.6 Å². The molecule has 2 aliphatic heterocycles. The second kappa shape index (κ2) is 50.1. The summed E-state index contributed by atoms with van der Waals surface area (Å²) in [4.78, 5) is 97.1. The zero-order valence-electron chi connectivity index (χ0n) is 78.7. The van der Waals surface area contributed by atoms with E-state index in [4.69, 9.17) is 37.9 Å². The monoisotopic (exact) mass is 1740 g/mol. The number of cyclic esters (lactones) is 1. The molecule has 0 radical (unpaired) electrons. The Morgan fingerprint density at radius 1 is 0.537 bits per heavy atom. The Morgan fingerprint density at radius 3 is 1.34 bits per heavy atom. The molecule has 23 heteroatoms. The Labute approximate surface area is 732 Å². The zero-order chi connectivity index (χ0) is 91.5. The third-order valence-electron chi connectivity index (χ3n) is 25.4. The molecule has 6 aliphatic carbocycles. The highest BCUT2D eigenvalue weighted by Crippen LogP contribution is 2.59. The van der Waals surface area contributed by atoms with Crippen LogP contribution in [0, 0.1) is 57.2 Å². The lowest BCUT2D eigenvalue weighted by Crippen LogP contribution is -2.61. The van der Waals surface area contributed by atoms with E-state index in [2.05, 4.69) is 124 Å². The molecule has 4 unspecified atom stereocenters. The molecule has 4 bridgehead atoms. The van der Waals surface area contributed by atoms with Crippen molar-refractivity contribution in [2.75, 3.05) is 38.8 Å². The fourth-order valence-corrected chi connectivity index (χ4v) is 17.1. The van der Waals surface area contributed by atoms with Crippen molar-refractivity contribution in [1.29, 1.82) is 0 Å². The summed E-state index contributed by atoms with van der Waals surface area (Å²) in [5, 5.41) is 10.6. The summed E-state index contributed by atoms with van der Waals surface area (Å²) in [6.07, 6.45) is 25.3. The number of unbranched alkanes of at least 4 members (excludes halogenated alkanes) is 1. The number of hydrogen-bond donors (Lipinski definition) is 1. The van der Waals surface area contributed by atoms with Crippen LogP contribution in [0.1, 0.15) is 338 Å². The van der Waals surface area contributed by atoms with E-state index in [9.17, 15) is 56.4 Å². The molecule has 121 heavy (non-hydrogen) atoms. The molecular formula is C98H158O21S2. The molecule has 3 aromatic rings. The highest BCUT2D eigenvalue weighted by Gasteiger charge is 2.60. The van der Waals surface area contributed by atoms with E-state index in [-0.39, 0.29) is 98.2 Å². The number of esters is 8. The SMILES string of the molecule is CCC(C)(C)C(=O)OC1(C(C)C)CCCC1.CCC(C)(C)C(=O)OC12CC3CC(CC(O)(C3)C1)C2.CCC(C)(C)C(=O)OC1CCOC1=O.CCC(C)(C)C(=O)OCC1CO1.CCC1(OC(=O)C(C)(C)CC)CCCCCCC1.CCCCS(=O)(=O)[O-].CCOC(=O)COC(=O)C(C)(C)CC.Cc1ccc([S+](c2ccccc2)c2ccccc2)cc1. The van der Waals surface area contributed by atoms with Gasteiger partial charge in [0.05, 0.1) is 78.9 Å². The first-order valence-corrected chi connectivity index (χ1v) is 48.0. The van der Waals surface area contributed by atoms with Gasteiger partial charge in [-0.2, -0.15) is 0 Å². The van der Waals surface area contributed by atoms with Crippen LogP contribution in [0.15, 0.2) is 99.6 Å². The summed E-state index contributed by atoms with van der Waals surface area (Å²) in [5.74, 6) is -0.545. The van der Waals surface area contributed by atoms with Crippen LogP contribution in [0.5, 0.6) is 0 Å². The van der Waals surface area contributed by atoms with Gasteiger partial charge in [0.1, 0.15) is 29.5 Å². The number of rotatable bonds is 29. The molecule has 1 N–H and O–H groups in total. The van der Waals surface area contributed by atoms with Crippen LogP contribution in [0.25, 0.3) is 0 Å². The number of aliphatic hydroxyl groups is 1. The Hall–Kier alpha value is -6.40. The molecule has 0 amide bonds. The first kappa shape index (κ1) is 109. The van der Waals surface area contributed by atoms with Crippen molar-refractivity contribution in [3.05, 3.63) is 90.5 Å². The molecule has 21 nitrogen and oxygen atoms in total. The van der Waals surface area contributed by atoms with Gasteiger partial charge >= 0.3 is 47.8 Å². The van der Waals surface area contributed by atoms with E-state index < -0.39 is 50.0 Å². The number of ether oxygens (including phenoxy) is 9. The van der Waals surface area contributed by atoms with Gasteiger partial charge in [-0.1, -0.05) is 149 Å². The number of epoxide rings is 1. The van der Waals surface area contributed by atoms with Crippen molar-refractivity contribution in [2.45, 2.75) is 389 Å². The molecule has 4 atom stereocenters. The molecule has 688 valence electrons. The smallest absolute Gasteiger partial charge is 0.347 e. The van der Waals surface area contributed by atoms with Gasteiger partial charge in [-0.3, -0.25) is 28.8 Å². The normalized spacial score (nSPS) is 21.3. The number of carbonyl (C=O) groups excluding carboxylic acids is 8. The highest BCUT2D eigenvalue weighted by molar-refractivity contribution is 7.97. The van der Waals surface area contributed by atoms with E-state index in [0.29, 0.717) is 69.7 Å². The minimum absolute atomic E-state index is 0.00702. The molecule has 2 saturated heterocycles. The lowest BCUT2D eigenvalue weighted by atomic mass is 9.52. The van der Waals surface area contributed by atoms with Crippen molar-refractivity contribution >= 4 is 68.8 Å². The lowest BCUT2D eigenvalue weighted by Gasteiger charge is -2.59. The predicted octanol–water partition coefficient (Wildman–Crippen LogP) is 21.4. The molecule has 2 heterocycles. The minimum atomic E-state index is -3.94. The van der Waals surface area contributed by atoms with Crippen LogP contribution in [0.2, 0.25) is 0 Å². The van der Waals surface area contributed by atoms with Gasteiger partial charge in [0.15, 0.2) is 21.3 Å². The van der Waals surface area contributed by atoms with Crippen molar-refractivity contribution < 1.29 is 99.1 Å². The minimum Gasteiger partial charge on any atom is -0.748 e. The number of hydrogen-bond acceptors (Lipinski definition) is 21. The van der Waals surface area contributed by atoms with Crippen LogP contribution in [0.3, 0.4) is 0 Å². The molecule has 0 spiro atoms. The summed E-state index contributed by atoms with van der Waals surface area (Å²) < 4.78 is 76.5. The maximum atomic E-state index is 12.4. The zero-order valence-corrected chi connectivity index (χ0v) is 80.4. The fraction of sp³-hybridized carbons (Fsp3) is 0.735. The van der Waals surface area contributed by atoms with Crippen molar-refractivity contribution in [3.63, 3.8) is 0 Å². The van der Waals surface area contributed by atoms with E-state index in [1.807, 2.05) is 96.9 Å². The number of aryl methyl sites for hydroxylation is 1. The number of carbonyl (C=O) groups is 8. The van der Waals surface area contributed by atoms with Crippen LogP contribution < -0.4 is 0 Å². The van der Waals surface area contributed by atoms with Crippen LogP contribution in [0.4, 0.5) is 0 Å². The Balaban J connectivity index is 0.000000361. The van der Waals surface area contributed by atoms with Crippen LogP contribution in [-0.4, -0.2) is 139 Å². The summed E-state index contributed by atoms with van der Waals surface area (Å²) in [6, 6.07) is 30.4. The van der Waals surface area contributed by atoms with Crippen LogP contribution >= 0.6 is 0 Å².